The summed E-state index contributed by atoms with van der Waals surface area (Å²) in [4.78, 5) is 38.0. The Morgan fingerprint density at radius 3 is 1.03 bits per heavy atom. The van der Waals surface area contributed by atoms with E-state index in [9.17, 15) is 14.4 Å². The van der Waals surface area contributed by atoms with Crippen LogP contribution in [0.25, 0.3) is 0 Å². The van der Waals surface area contributed by atoms with E-state index in [0.717, 1.165) is 128 Å². The molecule has 0 aromatic carbocycles. The van der Waals surface area contributed by atoms with Gasteiger partial charge in [0, 0.05) is 19.3 Å². The second-order valence-corrected chi connectivity index (χ2v) is 16.7. The molecule has 6 nitrogen and oxygen atoms in total. The highest BCUT2D eigenvalue weighted by Crippen LogP contribution is 2.12. The summed E-state index contributed by atoms with van der Waals surface area (Å²) in [5.74, 6) is -1.04. The summed E-state index contributed by atoms with van der Waals surface area (Å²) in [6.07, 6.45) is 71.9. The Morgan fingerprint density at radius 2 is 0.631 bits per heavy atom. The van der Waals surface area contributed by atoms with Gasteiger partial charge in [-0.25, -0.2) is 0 Å². The summed E-state index contributed by atoms with van der Waals surface area (Å²) in [5.41, 5.74) is 0. The zero-order chi connectivity index (χ0) is 47.2. The van der Waals surface area contributed by atoms with Gasteiger partial charge in [0.15, 0.2) is 6.10 Å². The molecule has 0 saturated heterocycles. The first-order chi connectivity index (χ1) is 32.0. The number of hydrogen-bond donors (Lipinski definition) is 0. The van der Waals surface area contributed by atoms with Crippen molar-refractivity contribution in [1.29, 1.82) is 0 Å². The number of ether oxygens (including phenoxy) is 3. The van der Waals surface area contributed by atoms with E-state index in [1.807, 2.05) is 12.2 Å². The van der Waals surface area contributed by atoms with E-state index in [1.54, 1.807) is 0 Å². The minimum atomic E-state index is -0.823. The smallest absolute Gasteiger partial charge is 0.306 e. The van der Waals surface area contributed by atoms with Gasteiger partial charge in [-0.1, -0.05) is 200 Å². The quantitative estimate of drug-likeness (QED) is 0.0262. The average molecular weight is 899 g/mol. The summed E-state index contributed by atoms with van der Waals surface area (Å²) in [5, 5.41) is 0. The zero-order valence-corrected chi connectivity index (χ0v) is 41.7. The summed E-state index contributed by atoms with van der Waals surface area (Å²) in [6, 6.07) is 0. The maximum absolute atomic E-state index is 12.8. The highest BCUT2D eigenvalue weighted by molar-refractivity contribution is 5.71. The van der Waals surface area contributed by atoms with E-state index in [4.69, 9.17) is 14.2 Å². The fourth-order valence-corrected chi connectivity index (χ4v) is 6.59. The van der Waals surface area contributed by atoms with E-state index < -0.39 is 6.10 Å². The van der Waals surface area contributed by atoms with E-state index in [-0.39, 0.29) is 44.0 Å². The maximum atomic E-state index is 12.8. The number of unbranched alkanes of at least 4 members (excludes halogenated alkanes) is 14. The normalized spacial score (nSPS) is 13.1. The van der Waals surface area contributed by atoms with Crippen LogP contribution in [0, 0.1) is 0 Å². The summed E-state index contributed by atoms with van der Waals surface area (Å²) >= 11 is 0. The van der Waals surface area contributed by atoms with Crippen LogP contribution in [-0.4, -0.2) is 37.2 Å². The molecule has 0 N–H and O–H groups in total. The van der Waals surface area contributed by atoms with Crippen LogP contribution in [0.15, 0.2) is 122 Å². The van der Waals surface area contributed by atoms with Gasteiger partial charge in [0.05, 0.1) is 0 Å². The molecule has 0 spiro atoms. The van der Waals surface area contributed by atoms with Gasteiger partial charge in [0.2, 0.25) is 0 Å². The van der Waals surface area contributed by atoms with Gasteiger partial charge in [-0.2, -0.15) is 0 Å². The van der Waals surface area contributed by atoms with Crippen LogP contribution < -0.4 is 0 Å². The van der Waals surface area contributed by atoms with Crippen molar-refractivity contribution < 1.29 is 28.6 Å². The van der Waals surface area contributed by atoms with Crippen LogP contribution >= 0.6 is 0 Å². The molecule has 65 heavy (non-hydrogen) atoms. The predicted octanol–water partition coefficient (Wildman–Crippen LogP) is 17.3. The molecule has 0 fully saturated rings. The van der Waals surface area contributed by atoms with E-state index in [0.29, 0.717) is 12.8 Å². The highest BCUT2D eigenvalue weighted by Gasteiger charge is 2.19. The summed E-state index contributed by atoms with van der Waals surface area (Å²) in [6.45, 7) is 6.28. The molecular formula is C59H94O6. The number of allylic oxidation sites excluding steroid dienone is 20. The molecular weight excluding hydrogens is 805 g/mol. The second kappa shape index (κ2) is 52.4. The van der Waals surface area contributed by atoms with Crippen molar-refractivity contribution in [2.75, 3.05) is 13.2 Å². The third kappa shape index (κ3) is 50.7. The lowest BCUT2D eigenvalue weighted by atomic mass is 10.1. The molecule has 0 radical (unpaired) electrons. The lowest BCUT2D eigenvalue weighted by Gasteiger charge is -2.18. The van der Waals surface area contributed by atoms with Crippen molar-refractivity contribution in [3.8, 4) is 0 Å². The lowest BCUT2D eigenvalue weighted by molar-refractivity contribution is -0.166. The molecule has 0 saturated carbocycles. The molecule has 0 heterocycles. The van der Waals surface area contributed by atoms with Crippen molar-refractivity contribution in [3.63, 3.8) is 0 Å². The van der Waals surface area contributed by atoms with Crippen LogP contribution in [0.4, 0.5) is 0 Å². The van der Waals surface area contributed by atoms with Crippen LogP contribution in [0.5, 0.6) is 0 Å². The van der Waals surface area contributed by atoms with Crippen molar-refractivity contribution in [2.24, 2.45) is 0 Å². The molecule has 6 heteroatoms. The molecule has 1 atom stereocenters. The van der Waals surface area contributed by atoms with Crippen LogP contribution in [-0.2, 0) is 28.6 Å². The minimum Gasteiger partial charge on any atom is -0.462 e. The van der Waals surface area contributed by atoms with E-state index in [2.05, 4.69) is 130 Å². The molecule has 0 aliphatic carbocycles. The Labute approximate surface area is 399 Å². The van der Waals surface area contributed by atoms with Gasteiger partial charge in [0.1, 0.15) is 13.2 Å². The Kier molecular flexibility index (Phi) is 49.1. The van der Waals surface area contributed by atoms with Crippen LogP contribution in [0.2, 0.25) is 0 Å². The monoisotopic (exact) mass is 899 g/mol. The SMILES string of the molecule is CC/C=C\C/C=C\C/C=C\C/C=C\CCCCCCCCC(=O)OCC(COC(=O)CC/C=C\C/C=C\C/C=C\C/C=C\CC)OC(=O)CCCCCCC/C=C\C/C=C\CCCCC. The highest BCUT2D eigenvalue weighted by atomic mass is 16.6. The van der Waals surface area contributed by atoms with Crippen molar-refractivity contribution in [2.45, 2.75) is 219 Å². The van der Waals surface area contributed by atoms with Crippen molar-refractivity contribution in [3.05, 3.63) is 122 Å². The van der Waals surface area contributed by atoms with Gasteiger partial charge >= 0.3 is 17.9 Å². The topological polar surface area (TPSA) is 78.9 Å². The van der Waals surface area contributed by atoms with Gasteiger partial charge in [0.25, 0.3) is 0 Å². The molecule has 0 bridgehead atoms. The fraction of sp³-hybridized carbons (Fsp3) is 0.610. The minimum absolute atomic E-state index is 0.117. The van der Waals surface area contributed by atoms with Crippen molar-refractivity contribution in [1.82, 2.24) is 0 Å². The van der Waals surface area contributed by atoms with Crippen molar-refractivity contribution >= 4 is 17.9 Å². The number of esters is 3. The first-order valence-corrected chi connectivity index (χ1v) is 26.0. The van der Waals surface area contributed by atoms with E-state index >= 15 is 0 Å². The molecule has 0 aromatic heterocycles. The largest absolute Gasteiger partial charge is 0.462 e. The lowest BCUT2D eigenvalue weighted by Crippen LogP contribution is -2.30. The Bertz CT molecular complexity index is 1400. The van der Waals surface area contributed by atoms with Crippen LogP contribution in [0.3, 0.4) is 0 Å². The molecule has 0 aromatic rings. The average Bonchev–Trinajstić information content (AvgIpc) is 3.30. The standard InChI is InChI=1S/C59H94O6/c1-4-7-10-13-16-19-22-25-27-28-29-30-32-34-37-40-43-46-49-52-58(61)64-55-56(54-63-57(60)51-48-45-42-39-36-33-24-21-18-15-12-9-6-3)65-59(62)53-50-47-44-41-38-35-31-26-23-20-17-14-11-8-5-2/h7,9-10,12,16-21,25-27,29-31,33,36,42,45,56H,4-6,8,11,13-15,22-24,28,32,34-35,37-41,43-44,46-55H2,1-3H3/b10-7-,12-9-,19-16-,20-17-,21-18-,27-25-,30-29-,31-26-,36-33-,45-42-. The molecule has 366 valence electrons. The number of rotatable bonds is 45. The molecule has 0 rings (SSSR count). The first-order valence-electron chi connectivity index (χ1n) is 26.0. The van der Waals surface area contributed by atoms with E-state index in [1.165, 1.54) is 38.5 Å². The van der Waals surface area contributed by atoms with Gasteiger partial charge < -0.3 is 14.2 Å². The zero-order valence-electron chi connectivity index (χ0n) is 41.7. The Hall–Kier alpha value is -4.19. The first kappa shape index (κ1) is 60.8. The van der Waals surface area contributed by atoms with Gasteiger partial charge in [-0.15, -0.1) is 0 Å². The fourth-order valence-electron chi connectivity index (χ4n) is 6.59. The second-order valence-electron chi connectivity index (χ2n) is 16.7. The molecule has 1 unspecified atom stereocenters. The van der Waals surface area contributed by atoms with Crippen LogP contribution in [0.1, 0.15) is 213 Å². The summed E-state index contributed by atoms with van der Waals surface area (Å²) < 4.78 is 16.7. The summed E-state index contributed by atoms with van der Waals surface area (Å²) in [7, 11) is 0. The third-order valence-electron chi connectivity index (χ3n) is 10.4. The maximum Gasteiger partial charge on any atom is 0.306 e. The Morgan fingerprint density at radius 1 is 0.323 bits per heavy atom. The number of carbonyl (C=O) groups is 3. The van der Waals surface area contributed by atoms with Gasteiger partial charge in [-0.05, 0) is 116 Å². The predicted molar refractivity (Wildman–Crippen MR) is 279 cm³/mol. The third-order valence-corrected chi connectivity index (χ3v) is 10.4. The molecule has 0 aliphatic rings. The molecule has 0 aliphatic heterocycles. The Balaban J connectivity index is 4.51. The number of carbonyl (C=O) groups excluding carboxylic acids is 3. The number of hydrogen-bond acceptors (Lipinski definition) is 6. The van der Waals surface area contributed by atoms with Gasteiger partial charge in [-0.3, -0.25) is 14.4 Å². The molecule has 0 amide bonds.